The predicted octanol–water partition coefficient (Wildman–Crippen LogP) is 4.40. The lowest BCUT2D eigenvalue weighted by Crippen LogP contribution is -1.98. The lowest BCUT2D eigenvalue weighted by Gasteiger charge is -2.10. The van der Waals surface area contributed by atoms with Crippen LogP contribution in [-0.4, -0.2) is 30.4 Å². The minimum absolute atomic E-state index is 0.237. The Morgan fingerprint density at radius 1 is 1.04 bits per heavy atom. The maximum Gasteiger partial charge on any atom is 0.185 e. The molecule has 6 nitrogen and oxygen atoms in total. The van der Waals surface area contributed by atoms with Crippen LogP contribution in [0.5, 0.6) is 11.5 Å². The third-order valence-electron chi connectivity index (χ3n) is 3.37. The lowest BCUT2D eigenvalue weighted by molar-refractivity contribution is 0.355. The zero-order valence-electron chi connectivity index (χ0n) is 13.5. The number of rotatable bonds is 5. The lowest BCUT2D eigenvalue weighted by atomic mass is 10.2. The van der Waals surface area contributed by atoms with Gasteiger partial charge in [-0.15, -0.1) is 0 Å². The summed E-state index contributed by atoms with van der Waals surface area (Å²) in [7, 11) is 3.07. The van der Waals surface area contributed by atoms with E-state index in [9.17, 15) is 0 Å². The van der Waals surface area contributed by atoms with Gasteiger partial charge < -0.3 is 9.47 Å². The number of para-hydroxylation sites is 2. The van der Waals surface area contributed by atoms with Crippen LogP contribution in [0, 0.1) is 0 Å². The van der Waals surface area contributed by atoms with E-state index in [4.69, 9.17) is 32.7 Å². The molecular weight excluding hydrogens is 363 g/mol. The summed E-state index contributed by atoms with van der Waals surface area (Å²) in [6.45, 7) is 0. The minimum atomic E-state index is 0.237. The molecule has 3 rings (SSSR count). The molecule has 1 N–H and O–H groups in total. The van der Waals surface area contributed by atoms with E-state index >= 15 is 0 Å². The molecule has 25 heavy (non-hydrogen) atoms. The van der Waals surface area contributed by atoms with Gasteiger partial charge >= 0.3 is 0 Å². The number of ether oxygens (including phenoxy) is 2. The molecule has 0 radical (unpaired) electrons. The number of hydrogen-bond acceptors (Lipinski definition) is 6. The van der Waals surface area contributed by atoms with E-state index in [-0.39, 0.29) is 5.15 Å². The van der Waals surface area contributed by atoms with E-state index in [1.807, 2.05) is 24.3 Å². The Kier molecular flexibility index (Phi) is 5.21. The molecule has 1 heterocycles. The monoisotopic (exact) mass is 376 g/mol. The Hall–Kier alpha value is -2.57. The van der Waals surface area contributed by atoms with Gasteiger partial charge in [0.25, 0.3) is 0 Å². The zero-order chi connectivity index (χ0) is 17.8. The van der Waals surface area contributed by atoms with Crippen molar-refractivity contribution in [2.45, 2.75) is 0 Å². The molecule has 0 spiro atoms. The molecule has 0 aliphatic rings. The molecular formula is C17H14Cl2N4O2. The third kappa shape index (κ3) is 3.75. The summed E-state index contributed by atoms with van der Waals surface area (Å²) in [5, 5.41) is 4.79. The first-order valence-corrected chi connectivity index (χ1v) is 8.01. The SMILES string of the molecule is COc1cc(/C=N/Nc2nc3ccccc3nc2Cl)cc(Cl)c1OC. The molecule has 0 amide bonds. The van der Waals surface area contributed by atoms with Crippen LogP contribution in [0.25, 0.3) is 11.0 Å². The number of benzene rings is 2. The van der Waals surface area contributed by atoms with Crippen molar-refractivity contribution in [3.8, 4) is 11.5 Å². The van der Waals surface area contributed by atoms with Gasteiger partial charge in [0.15, 0.2) is 22.5 Å². The van der Waals surface area contributed by atoms with Gasteiger partial charge in [-0.05, 0) is 29.8 Å². The number of halogens is 2. The zero-order valence-corrected chi connectivity index (χ0v) is 15.0. The Morgan fingerprint density at radius 3 is 2.44 bits per heavy atom. The van der Waals surface area contributed by atoms with Crippen molar-refractivity contribution in [3.05, 3.63) is 52.1 Å². The molecule has 8 heteroatoms. The minimum Gasteiger partial charge on any atom is -0.493 e. The number of nitrogens with one attached hydrogen (secondary N) is 1. The normalized spacial score (nSPS) is 11.0. The summed E-state index contributed by atoms with van der Waals surface area (Å²) in [6.07, 6.45) is 1.57. The van der Waals surface area contributed by atoms with Crippen LogP contribution >= 0.6 is 23.2 Å². The van der Waals surface area contributed by atoms with Gasteiger partial charge in [0, 0.05) is 0 Å². The molecule has 0 atom stereocenters. The molecule has 0 saturated heterocycles. The van der Waals surface area contributed by atoms with Gasteiger partial charge in [-0.3, -0.25) is 5.43 Å². The van der Waals surface area contributed by atoms with Crippen molar-refractivity contribution in [1.82, 2.24) is 9.97 Å². The number of hydrazone groups is 1. The Morgan fingerprint density at radius 2 is 1.76 bits per heavy atom. The standard InChI is InChI=1S/C17H14Cl2N4O2/c1-24-14-8-10(7-11(18)15(14)25-2)9-20-23-17-16(19)21-12-5-3-4-6-13(12)22-17/h3-9H,1-2H3,(H,22,23)/b20-9+. The summed E-state index contributed by atoms with van der Waals surface area (Å²) in [5.74, 6) is 1.35. The Bertz CT molecular complexity index is 947. The molecule has 0 bridgehead atoms. The van der Waals surface area contributed by atoms with Crippen LogP contribution in [0.2, 0.25) is 10.2 Å². The van der Waals surface area contributed by atoms with E-state index in [0.717, 1.165) is 11.1 Å². The van der Waals surface area contributed by atoms with Crippen LogP contribution < -0.4 is 14.9 Å². The molecule has 0 aliphatic carbocycles. The first-order chi connectivity index (χ1) is 12.1. The second-order valence-corrected chi connectivity index (χ2v) is 5.73. The number of aromatic nitrogens is 2. The fraction of sp³-hybridized carbons (Fsp3) is 0.118. The average molecular weight is 377 g/mol. The molecule has 2 aromatic carbocycles. The number of nitrogens with zero attached hydrogens (tertiary/aromatic N) is 3. The average Bonchev–Trinajstić information content (AvgIpc) is 2.61. The summed E-state index contributed by atoms with van der Waals surface area (Å²) in [4.78, 5) is 8.67. The van der Waals surface area contributed by atoms with Crippen molar-refractivity contribution in [3.63, 3.8) is 0 Å². The highest BCUT2D eigenvalue weighted by atomic mass is 35.5. The fourth-order valence-corrected chi connectivity index (χ4v) is 2.70. The first-order valence-electron chi connectivity index (χ1n) is 7.25. The Balaban J connectivity index is 1.84. The van der Waals surface area contributed by atoms with Crippen LogP contribution in [-0.2, 0) is 0 Å². The summed E-state index contributed by atoms with van der Waals surface area (Å²) in [6, 6.07) is 10.9. The first kappa shape index (κ1) is 17.3. The molecule has 0 unspecified atom stereocenters. The summed E-state index contributed by atoms with van der Waals surface area (Å²) >= 11 is 12.3. The van der Waals surface area contributed by atoms with E-state index in [1.54, 1.807) is 18.3 Å². The van der Waals surface area contributed by atoms with Crippen molar-refractivity contribution >= 4 is 46.3 Å². The molecule has 128 valence electrons. The topological polar surface area (TPSA) is 68.6 Å². The smallest absolute Gasteiger partial charge is 0.185 e. The molecule has 0 aliphatic heterocycles. The van der Waals surface area contributed by atoms with E-state index in [0.29, 0.717) is 27.9 Å². The summed E-state index contributed by atoms with van der Waals surface area (Å²) < 4.78 is 10.5. The number of anilines is 1. The van der Waals surface area contributed by atoms with Crippen molar-refractivity contribution < 1.29 is 9.47 Å². The number of hydrogen-bond donors (Lipinski definition) is 1. The second kappa shape index (κ2) is 7.55. The van der Waals surface area contributed by atoms with Crippen LogP contribution in [0.1, 0.15) is 5.56 Å². The van der Waals surface area contributed by atoms with Gasteiger partial charge in [-0.2, -0.15) is 5.10 Å². The molecule has 0 fully saturated rings. The van der Waals surface area contributed by atoms with Crippen molar-refractivity contribution in [2.75, 3.05) is 19.6 Å². The predicted molar refractivity (Wildman–Crippen MR) is 100 cm³/mol. The van der Waals surface area contributed by atoms with Crippen molar-refractivity contribution in [2.24, 2.45) is 5.10 Å². The summed E-state index contributed by atoms with van der Waals surface area (Å²) in [5.41, 5.74) is 4.95. The highest BCUT2D eigenvalue weighted by Gasteiger charge is 2.10. The molecule has 1 aromatic heterocycles. The quantitative estimate of drug-likeness (QED) is 0.527. The van der Waals surface area contributed by atoms with Crippen LogP contribution in [0.15, 0.2) is 41.5 Å². The molecule has 3 aromatic rings. The van der Waals surface area contributed by atoms with Crippen LogP contribution in [0.4, 0.5) is 5.82 Å². The largest absolute Gasteiger partial charge is 0.493 e. The molecule has 0 saturated carbocycles. The number of methoxy groups -OCH3 is 2. The Labute approximate surface area is 154 Å². The van der Waals surface area contributed by atoms with Gasteiger partial charge in [-0.25, -0.2) is 9.97 Å². The fourth-order valence-electron chi connectivity index (χ4n) is 2.23. The van der Waals surface area contributed by atoms with E-state index < -0.39 is 0 Å². The van der Waals surface area contributed by atoms with Gasteiger partial charge in [0.05, 0.1) is 36.5 Å². The van der Waals surface area contributed by atoms with Gasteiger partial charge in [0.2, 0.25) is 0 Å². The maximum atomic E-state index is 6.17. The van der Waals surface area contributed by atoms with E-state index in [1.165, 1.54) is 14.2 Å². The van der Waals surface area contributed by atoms with E-state index in [2.05, 4.69) is 20.5 Å². The highest BCUT2D eigenvalue weighted by Crippen LogP contribution is 2.35. The van der Waals surface area contributed by atoms with Crippen molar-refractivity contribution in [1.29, 1.82) is 0 Å². The van der Waals surface area contributed by atoms with Gasteiger partial charge in [0.1, 0.15) is 0 Å². The third-order valence-corrected chi connectivity index (χ3v) is 3.91. The number of fused-ring (bicyclic) bond motifs is 1. The van der Waals surface area contributed by atoms with Gasteiger partial charge in [-0.1, -0.05) is 35.3 Å². The highest BCUT2D eigenvalue weighted by molar-refractivity contribution is 6.32. The second-order valence-electron chi connectivity index (χ2n) is 4.96. The maximum absolute atomic E-state index is 6.17. The van der Waals surface area contributed by atoms with Crippen LogP contribution in [0.3, 0.4) is 0 Å².